The van der Waals surface area contributed by atoms with Crippen LogP contribution in [0.5, 0.6) is 0 Å². The van der Waals surface area contributed by atoms with E-state index in [9.17, 15) is 14.4 Å². The lowest BCUT2D eigenvalue weighted by molar-refractivity contribution is -0.135. The van der Waals surface area contributed by atoms with Crippen LogP contribution in [0.4, 0.5) is 0 Å². The maximum atomic E-state index is 14.0. The molecule has 11 heteroatoms. The van der Waals surface area contributed by atoms with Gasteiger partial charge in [0.2, 0.25) is 17.7 Å². The molecule has 0 aromatic heterocycles. The molecular weight excluding hydrogens is 532 g/mol. The van der Waals surface area contributed by atoms with Crippen LogP contribution in [0, 0.1) is 23.2 Å². The highest BCUT2D eigenvalue weighted by Gasteiger charge is 2.36. The van der Waals surface area contributed by atoms with Crippen molar-refractivity contribution in [2.24, 2.45) is 45.7 Å². The first kappa shape index (κ1) is 32.9. The summed E-state index contributed by atoms with van der Waals surface area (Å²) in [4.78, 5) is 43.9. The summed E-state index contributed by atoms with van der Waals surface area (Å²) in [5, 5.41) is 13.7. The van der Waals surface area contributed by atoms with E-state index in [1.807, 2.05) is 24.3 Å². The van der Waals surface area contributed by atoms with Crippen LogP contribution >= 0.6 is 0 Å². The van der Waals surface area contributed by atoms with Crippen molar-refractivity contribution in [3.8, 4) is 0 Å². The van der Waals surface area contributed by atoms with Gasteiger partial charge in [-0.3, -0.25) is 24.8 Å². The molecule has 0 radical (unpaired) electrons. The van der Waals surface area contributed by atoms with Gasteiger partial charge in [-0.25, -0.2) is 0 Å². The molecule has 0 heterocycles. The molecular formula is C31H50N8O3. The van der Waals surface area contributed by atoms with Crippen LogP contribution in [0.1, 0.15) is 94.6 Å². The Morgan fingerprint density at radius 3 is 1.95 bits per heavy atom. The molecule has 0 bridgehead atoms. The lowest BCUT2D eigenvalue weighted by Crippen LogP contribution is -2.57. The number of primary amides is 1. The number of aliphatic imine (C=N–C) groups is 1. The third-order valence-electron chi connectivity index (χ3n) is 8.83. The van der Waals surface area contributed by atoms with E-state index in [0.717, 1.165) is 63.4 Å². The molecule has 11 nitrogen and oxygen atoms in total. The first-order chi connectivity index (χ1) is 20.2. The molecule has 11 N–H and O–H groups in total. The average Bonchev–Trinajstić information content (AvgIpc) is 2.98. The highest BCUT2D eigenvalue weighted by molar-refractivity contribution is 5.95. The second kappa shape index (κ2) is 16.7. The van der Waals surface area contributed by atoms with Crippen molar-refractivity contribution in [3.63, 3.8) is 0 Å². The Bertz CT molecular complexity index is 1070. The molecule has 3 amide bonds. The summed E-state index contributed by atoms with van der Waals surface area (Å²) in [5.74, 6) is -1.10. The van der Waals surface area contributed by atoms with E-state index in [0.29, 0.717) is 37.8 Å². The maximum absolute atomic E-state index is 14.0. The first-order valence-electron chi connectivity index (χ1n) is 15.5. The van der Waals surface area contributed by atoms with Crippen LogP contribution in [0.25, 0.3) is 0 Å². The molecule has 42 heavy (non-hydrogen) atoms. The molecule has 2 aliphatic carbocycles. The number of guanidine groups is 1. The molecule has 2 aliphatic rings. The van der Waals surface area contributed by atoms with Gasteiger partial charge >= 0.3 is 0 Å². The third kappa shape index (κ3) is 10.3. The standard InChI is InChI=1S/C31H50N8O3/c32-27(33)23-16-14-20(15-17-23)19-24(21-9-3-1-4-10-21)29(41)39-26(22-11-5-2-6-12-22)30(42)38-25(28(34)40)13-7-8-18-37-31(35)36/h14-17,21-22,24-26H,1-13,18-19H2,(H3,32,33)(H2,34,40)(H,38,42)(H,39,41)(H4,35,36,37). The maximum Gasteiger partial charge on any atom is 0.243 e. The van der Waals surface area contributed by atoms with E-state index in [1.54, 1.807) is 0 Å². The topological polar surface area (TPSA) is 216 Å². The molecule has 0 spiro atoms. The van der Waals surface area contributed by atoms with Crippen LogP contribution in [0.2, 0.25) is 0 Å². The normalized spacial score (nSPS) is 18.3. The van der Waals surface area contributed by atoms with Crippen LogP contribution in [-0.4, -0.2) is 48.1 Å². The highest BCUT2D eigenvalue weighted by atomic mass is 16.2. The van der Waals surface area contributed by atoms with Gasteiger partial charge in [0.15, 0.2) is 5.96 Å². The number of carbonyl (C=O) groups is 3. The number of rotatable bonds is 15. The second-order valence-electron chi connectivity index (χ2n) is 12.0. The number of benzene rings is 1. The lowest BCUT2D eigenvalue weighted by Gasteiger charge is -2.34. The van der Waals surface area contributed by atoms with E-state index < -0.39 is 18.0 Å². The Morgan fingerprint density at radius 1 is 0.810 bits per heavy atom. The van der Waals surface area contributed by atoms with Gasteiger partial charge in [0.25, 0.3) is 0 Å². The van der Waals surface area contributed by atoms with Crippen LogP contribution in [0.3, 0.4) is 0 Å². The Hall–Kier alpha value is -3.63. The van der Waals surface area contributed by atoms with Gasteiger partial charge in [-0.1, -0.05) is 62.8 Å². The number of hydrogen-bond acceptors (Lipinski definition) is 5. The van der Waals surface area contributed by atoms with Crippen molar-refractivity contribution in [3.05, 3.63) is 35.4 Å². The molecule has 1 aromatic rings. The van der Waals surface area contributed by atoms with Crippen LogP contribution in [0.15, 0.2) is 29.3 Å². The van der Waals surface area contributed by atoms with Gasteiger partial charge < -0.3 is 33.6 Å². The third-order valence-corrected chi connectivity index (χ3v) is 8.83. The quantitative estimate of drug-likeness (QED) is 0.0933. The first-order valence-corrected chi connectivity index (χ1v) is 15.5. The second-order valence-corrected chi connectivity index (χ2v) is 12.0. The number of carbonyl (C=O) groups excluding carboxylic acids is 3. The molecule has 2 fully saturated rings. The molecule has 0 aliphatic heterocycles. The predicted molar refractivity (Wildman–Crippen MR) is 165 cm³/mol. The number of nitrogens with zero attached hydrogens (tertiary/aromatic N) is 1. The zero-order valence-electron chi connectivity index (χ0n) is 24.8. The van der Waals surface area contributed by atoms with Gasteiger partial charge in [0.05, 0.1) is 0 Å². The zero-order chi connectivity index (χ0) is 30.5. The van der Waals surface area contributed by atoms with Crippen LogP contribution in [-0.2, 0) is 20.8 Å². The minimum Gasteiger partial charge on any atom is -0.384 e. The SMILES string of the molecule is N=C(N)c1ccc(CC(C(=O)NC(C(=O)NC(CCCCN=C(N)N)C(N)=O)C2CCCCC2)C2CCCCC2)cc1. The Labute approximate surface area is 249 Å². The summed E-state index contributed by atoms with van der Waals surface area (Å²) in [6, 6.07) is 5.91. The van der Waals surface area contributed by atoms with Gasteiger partial charge in [-0.05, 0) is 68.8 Å². The van der Waals surface area contributed by atoms with Crippen molar-refractivity contribution < 1.29 is 14.4 Å². The lowest BCUT2D eigenvalue weighted by atomic mass is 9.76. The Balaban J connectivity index is 1.75. The summed E-state index contributed by atoms with van der Waals surface area (Å²) in [5.41, 5.74) is 23.7. The fraction of sp³-hybridized carbons (Fsp3) is 0.645. The Kier molecular flexibility index (Phi) is 13.1. The van der Waals surface area contributed by atoms with Gasteiger partial charge in [-0.2, -0.15) is 0 Å². The summed E-state index contributed by atoms with van der Waals surface area (Å²) < 4.78 is 0. The summed E-state index contributed by atoms with van der Waals surface area (Å²) in [6.45, 7) is 0.433. The summed E-state index contributed by atoms with van der Waals surface area (Å²) >= 11 is 0. The largest absolute Gasteiger partial charge is 0.384 e. The van der Waals surface area contributed by atoms with Gasteiger partial charge in [-0.15, -0.1) is 0 Å². The van der Waals surface area contributed by atoms with Crippen molar-refractivity contribution in [2.45, 2.75) is 102 Å². The van der Waals surface area contributed by atoms with E-state index in [2.05, 4.69) is 15.6 Å². The summed E-state index contributed by atoms with van der Waals surface area (Å²) in [7, 11) is 0. The number of amides is 3. The Morgan fingerprint density at radius 2 is 1.40 bits per heavy atom. The molecule has 3 unspecified atom stereocenters. The van der Waals surface area contributed by atoms with E-state index in [1.165, 1.54) is 6.42 Å². The average molecular weight is 583 g/mol. The molecule has 232 valence electrons. The van der Waals surface area contributed by atoms with Gasteiger partial charge in [0.1, 0.15) is 17.9 Å². The molecule has 2 saturated carbocycles. The van der Waals surface area contributed by atoms with Crippen molar-refractivity contribution >= 4 is 29.5 Å². The number of nitrogens with one attached hydrogen (secondary N) is 3. The van der Waals surface area contributed by atoms with Crippen molar-refractivity contribution in [1.29, 1.82) is 5.41 Å². The van der Waals surface area contributed by atoms with Crippen molar-refractivity contribution in [2.75, 3.05) is 6.54 Å². The van der Waals surface area contributed by atoms with E-state index in [4.69, 9.17) is 28.3 Å². The number of nitrogens with two attached hydrogens (primary N) is 4. The zero-order valence-corrected chi connectivity index (χ0v) is 24.8. The predicted octanol–water partition coefficient (Wildman–Crippen LogP) is 2.19. The molecule has 0 saturated heterocycles. The highest BCUT2D eigenvalue weighted by Crippen LogP contribution is 2.33. The van der Waals surface area contributed by atoms with E-state index >= 15 is 0 Å². The molecule has 3 atom stereocenters. The minimum absolute atomic E-state index is 0.0000472. The molecule has 1 aromatic carbocycles. The minimum atomic E-state index is -0.839. The smallest absolute Gasteiger partial charge is 0.243 e. The van der Waals surface area contributed by atoms with E-state index in [-0.39, 0.29) is 41.4 Å². The monoisotopic (exact) mass is 582 g/mol. The number of amidine groups is 1. The van der Waals surface area contributed by atoms with Crippen molar-refractivity contribution in [1.82, 2.24) is 10.6 Å². The van der Waals surface area contributed by atoms with Gasteiger partial charge in [0, 0.05) is 18.0 Å². The summed E-state index contributed by atoms with van der Waals surface area (Å²) in [6.07, 6.45) is 12.3. The fourth-order valence-electron chi connectivity index (χ4n) is 6.43. The van der Waals surface area contributed by atoms with Crippen LogP contribution < -0.4 is 33.6 Å². The number of hydrogen-bond donors (Lipinski definition) is 7. The fourth-order valence-corrected chi connectivity index (χ4v) is 6.43. The number of nitrogen functional groups attached to an aromatic ring is 1. The number of unbranched alkanes of at least 4 members (excludes halogenated alkanes) is 1. The molecule has 3 rings (SSSR count).